The number of hydrogen-bond donors (Lipinski definition) is 1. The average molecular weight is 299 g/mol. The zero-order valence-corrected chi connectivity index (χ0v) is 10.9. The highest BCUT2D eigenvalue weighted by Crippen LogP contribution is 2.27. The van der Waals surface area contributed by atoms with Crippen molar-refractivity contribution in [3.63, 3.8) is 0 Å². The van der Waals surface area contributed by atoms with Gasteiger partial charge in [0.25, 0.3) is 0 Å². The highest BCUT2D eigenvalue weighted by atomic mass is 19.2. The molecule has 5 nitrogen and oxygen atoms in total. The molecule has 8 heteroatoms. The van der Waals surface area contributed by atoms with Gasteiger partial charge in [0.05, 0.1) is 12.5 Å². The first kappa shape index (κ1) is 14.0. The summed E-state index contributed by atoms with van der Waals surface area (Å²) < 4.78 is 49.7. The third-order valence-electron chi connectivity index (χ3n) is 3.41. The molecule has 0 bridgehead atoms. The SMILES string of the molecule is NC1CCOCC1c1nc(-c2cc(F)c(F)c(F)c2)no1. The molecule has 1 saturated heterocycles. The maximum absolute atomic E-state index is 13.2. The highest BCUT2D eigenvalue weighted by Gasteiger charge is 2.29. The molecule has 2 N–H and O–H groups in total. The van der Waals surface area contributed by atoms with Crippen molar-refractivity contribution in [3.05, 3.63) is 35.5 Å². The van der Waals surface area contributed by atoms with Crippen LogP contribution in [0.25, 0.3) is 11.4 Å². The van der Waals surface area contributed by atoms with Crippen LogP contribution in [0.3, 0.4) is 0 Å². The van der Waals surface area contributed by atoms with Crippen molar-refractivity contribution in [2.75, 3.05) is 13.2 Å². The minimum atomic E-state index is -1.54. The Morgan fingerprint density at radius 1 is 1.19 bits per heavy atom. The molecule has 1 aliphatic heterocycles. The fourth-order valence-corrected chi connectivity index (χ4v) is 2.20. The second-order valence-electron chi connectivity index (χ2n) is 4.84. The van der Waals surface area contributed by atoms with Crippen molar-refractivity contribution < 1.29 is 22.4 Å². The first-order chi connectivity index (χ1) is 10.1. The van der Waals surface area contributed by atoms with E-state index in [9.17, 15) is 13.2 Å². The largest absolute Gasteiger partial charge is 0.381 e. The lowest BCUT2D eigenvalue weighted by molar-refractivity contribution is 0.0590. The topological polar surface area (TPSA) is 74.2 Å². The number of aromatic nitrogens is 2. The van der Waals surface area contributed by atoms with Gasteiger partial charge in [-0.05, 0) is 18.6 Å². The number of benzene rings is 1. The minimum absolute atomic E-state index is 0.00769. The second-order valence-corrected chi connectivity index (χ2v) is 4.84. The van der Waals surface area contributed by atoms with E-state index in [2.05, 4.69) is 10.1 Å². The maximum Gasteiger partial charge on any atom is 0.233 e. The van der Waals surface area contributed by atoms with Gasteiger partial charge in [0, 0.05) is 18.2 Å². The summed E-state index contributed by atoms with van der Waals surface area (Å²) in [5.74, 6) is -4.22. The van der Waals surface area contributed by atoms with Gasteiger partial charge in [-0.15, -0.1) is 0 Å². The smallest absolute Gasteiger partial charge is 0.233 e. The number of halogens is 3. The molecule has 21 heavy (non-hydrogen) atoms. The number of rotatable bonds is 2. The van der Waals surface area contributed by atoms with Gasteiger partial charge in [-0.1, -0.05) is 5.16 Å². The normalized spacial score (nSPS) is 22.5. The molecule has 3 rings (SSSR count). The van der Waals surface area contributed by atoms with Gasteiger partial charge in [-0.2, -0.15) is 4.98 Å². The summed E-state index contributed by atoms with van der Waals surface area (Å²) in [6.07, 6.45) is 0.655. The molecule has 2 heterocycles. The van der Waals surface area contributed by atoms with Crippen molar-refractivity contribution in [1.29, 1.82) is 0 Å². The summed E-state index contributed by atoms with van der Waals surface area (Å²) in [5.41, 5.74) is 5.94. The second kappa shape index (κ2) is 5.45. The molecule has 1 fully saturated rings. The molecular weight excluding hydrogens is 287 g/mol. The molecule has 2 atom stereocenters. The Morgan fingerprint density at radius 2 is 1.90 bits per heavy atom. The third kappa shape index (κ3) is 2.64. The van der Waals surface area contributed by atoms with Crippen LogP contribution in [0.2, 0.25) is 0 Å². The monoisotopic (exact) mass is 299 g/mol. The van der Waals surface area contributed by atoms with E-state index in [1.54, 1.807) is 0 Å². The van der Waals surface area contributed by atoms with E-state index in [-0.39, 0.29) is 29.2 Å². The summed E-state index contributed by atoms with van der Waals surface area (Å²) >= 11 is 0. The lowest BCUT2D eigenvalue weighted by Gasteiger charge is -2.25. The maximum atomic E-state index is 13.2. The van der Waals surface area contributed by atoms with E-state index in [0.717, 1.165) is 12.1 Å². The zero-order valence-electron chi connectivity index (χ0n) is 10.9. The predicted molar refractivity (Wildman–Crippen MR) is 65.8 cm³/mol. The van der Waals surface area contributed by atoms with Crippen LogP contribution in [-0.2, 0) is 4.74 Å². The Bertz CT molecular complexity index is 639. The number of nitrogens with zero attached hydrogens (tertiary/aromatic N) is 2. The molecule has 0 saturated carbocycles. The lowest BCUT2D eigenvalue weighted by atomic mass is 9.97. The Labute approximate surface area is 117 Å². The van der Waals surface area contributed by atoms with Crippen molar-refractivity contribution in [1.82, 2.24) is 10.1 Å². The van der Waals surface area contributed by atoms with Crippen LogP contribution in [0.15, 0.2) is 16.7 Å². The number of ether oxygens (including phenoxy) is 1. The van der Waals surface area contributed by atoms with Gasteiger partial charge in [0.2, 0.25) is 11.7 Å². The van der Waals surface area contributed by atoms with E-state index >= 15 is 0 Å². The van der Waals surface area contributed by atoms with E-state index < -0.39 is 17.5 Å². The average Bonchev–Trinajstić information content (AvgIpc) is 2.94. The van der Waals surface area contributed by atoms with Gasteiger partial charge in [-0.3, -0.25) is 0 Å². The number of nitrogens with two attached hydrogens (primary N) is 1. The molecular formula is C13H12F3N3O2. The fraction of sp³-hybridized carbons (Fsp3) is 0.385. The zero-order chi connectivity index (χ0) is 15.0. The summed E-state index contributed by atoms with van der Waals surface area (Å²) in [7, 11) is 0. The molecule has 1 aliphatic rings. The summed E-state index contributed by atoms with van der Waals surface area (Å²) in [6.45, 7) is 0.905. The Balaban J connectivity index is 1.91. The fourth-order valence-electron chi connectivity index (χ4n) is 2.20. The van der Waals surface area contributed by atoms with E-state index in [1.807, 2.05) is 0 Å². The van der Waals surface area contributed by atoms with Crippen LogP contribution in [0.1, 0.15) is 18.2 Å². The van der Waals surface area contributed by atoms with E-state index in [1.165, 1.54) is 0 Å². The van der Waals surface area contributed by atoms with Crippen LogP contribution in [0.5, 0.6) is 0 Å². The molecule has 0 aliphatic carbocycles. The van der Waals surface area contributed by atoms with Crippen molar-refractivity contribution >= 4 is 0 Å². The predicted octanol–water partition coefficient (Wildman–Crippen LogP) is 1.99. The summed E-state index contributed by atoms with van der Waals surface area (Å²) in [4.78, 5) is 4.07. The Morgan fingerprint density at radius 3 is 2.57 bits per heavy atom. The molecule has 0 spiro atoms. The van der Waals surface area contributed by atoms with Gasteiger partial charge in [-0.25, -0.2) is 13.2 Å². The van der Waals surface area contributed by atoms with Gasteiger partial charge in [0.15, 0.2) is 17.5 Å². The van der Waals surface area contributed by atoms with Gasteiger partial charge >= 0.3 is 0 Å². The molecule has 2 unspecified atom stereocenters. The quantitative estimate of drug-likeness (QED) is 0.858. The molecule has 1 aromatic heterocycles. The van der Waals surface area contributed by atoms with Gasteiger partial charge in [0.1, 0.15) is 0 Å². The summed E-state index contributed by atoms with van der Waals surface area (Å²) in [6, 6.07) is 1.43. The van der Waals surface area contributed by atoms with Crippen LogP contribution in [0.4, 0.5) is 13.2 Å². The molecule has 0 radical (unpaired) electrons. The van der Waals surface area contributed by atoms with Gasteiger partial charge < -0.3 is 15.0 Å². The van der Waals surface area contributed by atoms with E-state index in [4.69, 9.17) is 15.0 Å². The van der Waals surface area contributed by atoms with Crippen LogP contribution in [0, 0.1) is 17.5 Å². The van der Waals surface area contributed by atoms with Crippen LogP contribution >= 0.6 is 0 Å². The van der Waals surface area contributed by atoms with E-state index in [0.29, 0.717) is 19.6 Å². The first-order valence-electron chi connectivity index (χ1n) is 6.38. The first-order valence-corrected chi connectivity index (χ1v) is 6.38. The van der Waals surface area contributed by atoms with Crippen molar-refractivity contribution in [3.8, 4) is 11.4 Å². The van der Waals surface area contributed by atoms with Crippen LogP contribution in [-0.4, -0.2) is 29.4 Å². The Kier molecular flexibility index (Phi) is 3.64. The molecule has 0 amide bonds. The standard InChI is InChI=1S/C13H12F3N3O2/c14-8-3-6(4-9(15)11(8)16)12-18-13(21-19-12)7-5-20-2-1-10(7)17/h3-4,7,10H,1-2,5,17H2. The molecule has 2 aromatic rings. The van der Waals surface area contributed by atoms with Crippen molar-refractivity contribution in [2.45, 2.75) is 18.4 Å². The Hall–Kier alpha value is -1.93. The number of hydrogen-bond acceptors (Lipinski definition) is 5. The highest BCUT2D eigenvalue weighted by molar-refractivity contribution is 5.54. The third-order valence-corrected chi connectivity index (χ3v) is 3.41. The van der Waals surface area contributed by atoms with Crippen molar-refractivity contribution in [2.24, 2.45) is 5.73 Å². The molecule has 1 aromatic carbocycles. The summed E-state index contributed by atoms with van der Waals surface area (Å²) in [5, 5.41) is 3.65. The van der Waals surface area contributed by atoms with Crippen LogP contribution < -0.4 is 5.73 Å². The lowest BCUT2D eigenvalue weighted by Crippen LogP contribution is -2.37. The minimum Gasteiger partial charge on any atom is -0.381 e. The molecule has 112 valence electrons.